The van der Waals surface area contributed by atoms with Crippen molar-refractivity contribution in [2.75, 3.05) is 6.61 Å². The number of ether oxygens (including phenoxy) is 2. The molecule has 34 heavy (non-hydrogen) atoms. The highest BCUT2D eigenvalue weighted by molar-refractivity contribution is 5.65. The Balaban J connectivity index is 1.43. The number of hydrogen-bond acceptors (Lipinski definition) is 5. The van der Waals surface area contributed by atoms with E-state index in [1.54, 1.807) is 12.1 Å². The molecular weight excluding hydrogens is 424 g/mol. The summed E-state index contributed by atoms with van der Waals surface area (Å²) < 4.78 is 10.3. The van der Waals surface area contributed by atoms with Gasteiger partial charge in [-0.25, -0.2) is 14.8 Å². The molecule has 3 rings (SSSR count). The molecule has 2 aromatic rings. The van der Waals surface area contributed by atoms with Gasteiger partial charge < -0.3 is 9.47 Å². The van der Waals surface area contributed by atoms with E-state index in [1.807, 2.05) is 25.3 Å². The summed E-state index contributed by atoms with van der Waals surface area (Å²) in [6.45, 7) is 4.71. The smallest absolute Gasteiger partial charge is 0.434 e. The van der Waals surface area contributed by atoms with Crippen LogP contribution in [-0.2, 0) is 17.6 Å². The Kier molecular flexibility index (Phi) is 11.4. The molecule has 0 radical (unpaired) electrons. The highest BCUT2D eigenvalue weighted by atomic mass is 16.7. The molecule has 0 bridgehead atoms. The minimum absolute atomic E-state index is 0.385. The van der Waals surface area contributed by atoms with Crippen LogP contribution in [0.15, 0.2) is 30.5 Å². The number of unbranched alkanes of at least 4 members (excludes halogenated alkanes) is 8. The van der Waals surface area contributed by atoms with Gasteiger partial charge in [-0.15, -0.1) is 0 Å². The van der Waals surface area contributed by atoms with Gasteiger partial charge in [-0.3, -0.25) is 0 Å². The van der Waals surface area contributed by atoms with E-state index in [9.17, 15) is 4.79 Å². The number of carbonyl (C=O) groups excluding carboxylic acids is 1. The summed E-state index contributed by atoms with van der Waals surface area (Å²) in [4.78, 5) is 21.2. The van der Waals surface area contributed by atoms with E-state index in [4.69, 9.17) is 14.5 Å². The second-order valence-electron chi connectivity index (χ2n) is 9.62. The summed E-state index contributed by atoms with van der Waals surface area (Å²) in [5.41, 5.74) is 3.43. The second-order valence-corrected chi connectivity index (χ2v) is 9.62. The third-order valence-electron chi connectivity index (χ3n) is 6.75. The Morgan fingerprint density at radius 2 is 1.65 bits per heavy atom. The minimum Gasteiger partial charge on any atom is -0.434 e. The van der Waals surface area contributed by atoms with Crippen molar-refractivity contribution in [3.63, 3.8) is 0 Å². The molecule has 0 saturated carbocycles. The maximum Gasteiger partial charge on any atom is 0.513 e. The summed E-state index contributed by atoms with van der Waals surface area (Å²) in [7, 11) is 0. The Bertz CT molecular complexity index is 866. The molecule has 0 spiro atoms. The summed E-state index contributed by atoms with van der Waals surface area (Å²) >= 11 is 0. The number of nitrogens with zero attached hydrogens (tertiary/aromatic N) is 2. The average Bonchev–Trinajstić information content (AvgIpc) is 2.86. The van der Waals surface area contributed by atoms with E-state index < -0.39 is 6.16 Å². The van der Waals surface area contributed by atoms with Gasteiger partial charge in [0.15, 0.2) is 5.82 Å². The molecule has 0 fully saturated rings. The Morgan fingerprint density at radius 1 is 0.941 bits per heavy atom. The molecule has 0 N–H and O–H groups in total. The second kappa shape index (κ2) is 14.7. The standard InChI is InChI=1S/C29H42N2O3/c1-3-5-7-8-9-10-11-12-13-23-14-19-27-25(21-23)22-30-28(31-27)24-15-17-26(18-16-24)34-29(32)33-20-6-4-2/h15-18,22-23H,3-14,19-21H2,1-2H3. The van der Waals surface area contributed by atoms with E-state index in [-0.39, 0.29) is 0 Å². The normalized spacial score (nSPS) is 15.1. The van der Waals surface area contributed by atoms with Crippen LogP contribution < -0.4 is 4.74 Å². The van der Waals surface area contributed by atoms with E-state index in [0.717, 1.165) is 43.0 Å². The lowest BCUT2D eigenvalue weighted by atomic mass is 9.84. The monoisotopic (exact) mass is 466 g/mol. The van der Waals surface area contributed by atoms with Crippen molar-refractivity contribution in [2.24, 2.45) is 5.92 Å². The fraction of sp³-hybridized carbons (Fsp3) is 0.621. The van der Waals surface area contributed by atoms with Gasteiger partial charge in [0.2, 0.25) is 0 Å². The first kappa shape index (κ1) is 26.2. The molecule has 186 valence electrons. The Labute approximate surface area is 205 Å². The zero-order valence-electron chi connectivity index (χ0n) is 21.2. The molecule has 5 heteroatoms. The molecule has 1 aliphatic carbocycles. The van der Waals surface area contributed by atoms with E-state index in [2.05, 4.69) is 11.9 Å². The van der Waals surface area contributed by atoms with Crippen LogP contribution in [0.1, 0.15) is 102 Å². The molecule has 5 nitrogen and oxygen atoms in total. The van der Waals surface area contributed by atoms with Crippen LogP contribution >= 0.6 is 0 Å². The maximum atomic E-state index is 11.7. The first-order valence-electron chi connectivity index (χ1n) is 13.5. The molecule has 0 aliphatic heterocycles. The lowest BCUT2D eigenvalue weighted by molar-refractivity contribution is 0.0978. The first-order chi connectivity index (χ1) is 16.7. The molecule has 0 amide bonds. The van der Waals surface area contributed by atoms with Crippen LogP contribution in [0.3, 0.4) is 0 Å². The summed E-state index contributed by atoms with van der Waals surface area (Å²) in [5.74, 6) is 1.97. The maximum absolute atomic E-state index is 11.7. The van der Waals surface area contributed by atoms with Crippen molar-refractivity contribution in [3.8, 4) is 17.1 Å². The van der Waals surface area contributed by atoms with Crippen molar-refractivity contribution < 1.29 is 14.3 Å². The zero-order valence-corrected chi connectivity index (χ0v) is 21.2. The van der Waals surface area contributed by atoms with Crippen molar-refractivity contribution in [1.29, 1.82) is 0 Å². The van der Waals surface area contributed by atoms with Crippen molar-refractivity contribution in [1.82, 2.24) is 9.97 Å². The van der Waals surface area contributed by atoms with E-state index in [0.29, 0.717) is 12.4 Å². The highest BCUT2D eigenvalue weighted by Gasteiger charge is 2.20. The first-order valence-corrected chi connectivity index (χ1v) is 13.5. The fourth-order valence-electron chi connectivity index (χ4n) is 4.63. The van der Waals surface area contributed by atoms with E-state index in [1.165, 1.54) is 75.5 Å². The van der Waals surface area contributed by atoms with Gasteiger partial charge in [-0.2, -0.15) is 0 Å². The number of rotatable bonds is 14. The van der Waals surface area contributed by atoms with Crippen LogP contribution in [0.5, 0.6) is 5.75 Å². The van der Waals surface area contributed by atoms with Gasteiger partial charge >= 0.3 is 6.16 Å². The third kappa shape index (κ3) is 8.73. The topological polar surface area (TPSA) is 61.3 Å². The fourth-order valence-corrected chi connectivity index (χ4v) is 4.63. The summed E-state index contributed by atoms with van der Waals surface area (Å²) in [6.07, 6.45) is 18.9. The van der Waals surface area contributed by atoms with E-state index >= 15 is 0 Å². The van der Waals surface area contributed by atoms with Crippen LogP contribution in [0, 0.1) is 5.92 Å². The Morgan fingerprint density at radius 3 is 2.38 bits per heavy atom. The highest BCUT2D eigenvalue weighted by Crippen LogP contribution is 2.29. The number of carbonyl (C=O) groups is 1. The van der Waals surface area contributed by atoms with Gasteiger partial charge in [0.25, 0.3) is 0 Å². The molecule has 1 unspecified atom stereocenters. The quantitative estimate of drug-likeness (QED) is 0.160. The zero-order chi connectivity index (χ0) is 24.0. The molecule has 1 aromatic heterocycles. The van der Waals surface area contributed by atoms with Crippen molar-refractivity contribution in [3.05, 3.63) is 41.7 Å². The molecule has 1 heterocycles. The number of fused-ring (bicyclic) bond motifs is 1. The largest absolute Gasteiger partial charge is 0.513 e. The number of aryl methyl sites for hydroxylation is 1. The van der Waals surface area contributed by atoms with Gasteiger partial charge in [0, 0.05) is 17.5 Å². The lowest BCUT2D eigenvalue weighted by Crippen LogP contribution is -2.16. The van der Waals surface area contributed by atoms with Gasteiger partial charge in [0.05, 0.1) is 6.61 Å². The molecule has 1 aromatic carbocycles. The number of benzene rings is 1. The molecule has 1 atom stereocenters. The molecule has 0 saturated heterocycles. The molecular formula is C29H42N2O3. The number of hydrogen-bond donors (Lipinski definition) is 0. The van der Waals surface area contributed by atoms with Gasteiger partial charge in [0.1, 0.15) is 5.75 Å². The Hall–Kier alpha value is -2.43. The summed E-state index contributed by atoms with van der Waals surface area (Å²) in [5, 5.41) is 0. The lowest BCUT2D eigenvalue weighted by Gasteiger charge is -2.24. The van der Waals surface area contributed by atoms with Crippen LogP contribution in [0.2, 0.25) is 0 Å². The minimum atomic E-state index is -0.659. The summed E-state index contributed by atoms with van der Waals surface area (Å²) in [6, 6.07) is 7.31. The van der Waals surface area contributed by atoms with Crippen molar-refractivity contribution in [2.45, 2.75) is 104 Å². The van der Waals surface area contributed by atoms with Crippen LogP contribution in [-0.4, -0.2) is 22.7 Å². The van der Waals surface area contributed by atoms with Crippen molar-refractivity contribution >= 4 is 6.16 Å². The van der Waals surface area contributed by atoms with Gasteiger partial charge in [-0.05, 0) is 61.4 Å². The third-order valence-corrected chi connectivity index (χ3v) is 6.75. The predicted octanol–water partition coefficient (Wildman–Crippen LogP) is 8.09. The molecule has 1 aliphatic rings. The van der Waals surface area contributed by atoms with Gasteiger partial charge in [-0.1, -0.05) is 78.1 Å². The van der Waals surface area contributed by atoms with Crippen LogP contribution in [0.4, 0.5) is 4.79 Å². The predicted molar refractivity (Wildman–Crippen MR) is 137 cm³/mol. The average molecular weight is 467 g/mol. The van der Waals surface area contributed by atoms with Crippen LogP contribution in [0.25, 0.3) is 11.4 Å². The SMILES string of the molecule is CCCCCCCCCCC1CCc2nc(-c3ccc(OC(=O)OCCCC)cc3)ncc2C1. The number of aromatic nitrogens is 2.